The fraction of sp³-hybridized carbons (Fsp3) is 0.450. The Hall–Kier alpha value is -2.78. The van der Waals surface area contributed by atoms with Gasteiger partial charge in [0.2, 0.25) is 0 Å². The zero-order valence-corrected chi connectivity index (χ0v) is 16.3. The molecule has 3 aromatic rings. The summed E-state index contributed by atoms with van der Waals surface area (Å²) in [6, 6.07) is 8.22. The van der Waals surface area contributed by atoms with E-state index in [9.17, 15) is 9.18 Å². The molecule has 0 spiro atoms. The van der Waals surface area contributed by atoms with E-state index in [4.69, 9.17) is 9.47 Å². The summed E-state index contributed by atoms with van der Waals surface area (Å²) in [5.74, 6) is 0. The number of methoxy groups -OCH3 is 1. The van der Waals surface area contributed by atoms with E-state index >= 15 is 0 Å². The number of H-pyrrole nitrogens is 1. The van der Waals surface area contributed by atoms with E-state index in [1.807, 2.05) is 24.3 Å². The number of rotatable bonds is 8. The van der Waals surface area contributed by atoms with Crippen LogP contribution in [0.5, 0.6) is 6.01 Å². The molecule has 1 saturated heterocycles. The maximum absolute atomic E-state index is 13.3. The molecule has 154 valence electrons. The SMILES string of the molecule is COCCOc1ncc2[nH]c(=O)n(Cc3ccc(CN4CCC(F)C4)cc3)c2n1. The quantitative estimate of drug-likeness (QED) is 0.579. The van der Waals surface area contributed by atoms with Crippen LogP contribution in [0.3, 0.4) is 0 Å². The van der Waals surface area contributed by atoms with Gasteiger partial charge in [0.05, 0.1) is 19.3 Å². The van der Waals surface area contributed by atoms with Gasteiger partial charge in [-0.2, -0.15) is 4.98 Å². The van der Waals surface area contributed by atoms with Gasteiger partial charge in [0.1, 0.15) is 18.3 Å². The number of halogens is 1. The van der Waals surface area contributed by atoms with Crippen molar-refractivity contribution in [3.8, 4) is 6.01 Å². The zero-order valence-electron chi connectivity index (χ0n) is 16.3. The van der Waals surface area contributed by atoms with Crippen molar-refractivity contribution in [1.82, 2.24) is 24.4 Å². The lowest BCUT2D eigenvalue weighted by Crippen LogP contribution is -2.20. The predicted octanol–water partition coefficient (Wildman–Crippen LogP) is 1.74. The molecule has 1 aromatic carbocycles. The van der Waals surface area contributed by atoms with Crippen molar-refractivity contribution in [2.24, 2.45) is 0 Å². The number of fused-ring (bicyclic) bond motifs is 1. The van der Waals surface area contributed by atoms with Crippen LogP contribution in [-0.2, 0) is 17.8 Å². The van der Waals surface area contributed by atoms with Gasteiger partial charge in [-0.1, -0.05) is 24.3 Å². The minimum atomic E-state index is -0.714. The van der Waals surface area contributed by atoms with Crippen LogP contribution >= 0.6 is 0 Å². The predicted molar refractivity (Wildman–Crippen MR) is 106 cm³/mol. The molecule has 1 aliphatic rings. The normalized spacial score (nSPS) is 17.2. The van der Waals surface area contributed by atoms with Gasteiger partial charge in [-0.25, -0.2) is 14.2 Å². The smallest absolute Gasteiger partial charge is 0.328 e. The molecule has 1 aliphatic heterocycles. The highest BCUT2D eigenvalue weighted by molar-refractivity contribution is 5.69. The minimum absolute atomic E-state index is 0.203. The van der Waals surface area contributed by atoms with Crippen molar-refractivity contribution < 1.29 is 13.9 Å². The average Bonchev–Trinajstić information content (AvgIpc) is 3.26. The lowest BCUT2D eigenvalue weighted by molar-refractivity contribution is 0.141. The van der Waals surface area contributed by atoms with Crippen molar-refractivity contribution in [2.75, 3.05) is 33.4 Å². The van der Waals surface area contributed by atoms with Gasteiger partial charge in [0, 0.05) is 26.7 Å². The largest absolute Gasteiger partial charge is 0.461 e. The Kier molecular flexibility index (Phi) is 5.86. The van der Waals surface area contributed by atoms with Gasteiger partial charge in [0.15, 0.2) is 5.65 Å². The first-order valence-electron chi connectivity index (χ1n) is 9.64. The highest BCUT2D eigenvalue weighted by atomic mass is 19.1. The monoisotopic (exact) mass is 401 g/mol. The van der Waals surface area contributed by atoms with Gasteiger partial charge in [0.25, 0.3) is 0 Å². The number of imidazole rings is 1. The van der Waals surface area contributed by atoms with E-state index in [0.717, 1.165) is 24.2 Å². The molecular weight excluding hydrogens is 377 g/mol. The Labute approximate surface area is 167 Å². The minimum Gasteiger partial charge on any atom is -0.461 e. The van der Waals surface area contributed by atoms with Crippen LogP contribution in [0.4, 0.5) is 4.39 Å². The number of ether oxygens (including phenoxy) is 2. The van der Waals surface area contributed by atoms with E-state index in [0.29, 0.717) is 43.9 Å². The molecule has 0 amide bonds. The van der Waals surface area contributed by atoms with Crippen molar-refractivity contribution in [2.45, 2.75) is 25.7 Å². The summed E-state index contributed by atoms with van der Waals surface area (Å²) >= 11 is 0. The molecule has 4 rings (SSSR count). The number of nitrogens with one attached hydrogen (secondary N) is 1. The molecule has 8 nitrogen and oxygen atoms in total. The highest BCUT2D eigenvalue weighted by Crippen LogP contribution is 2.17. The molecule has 9 heteroatoms. The Morgan fingerprint density at radius 2 is 1.97 bits per heavy atom. The van der Waals surface area contributed by atoms with Crippen LogP contribution < -0.4 is 10.4 Å². The van der Waals surface area contributed by atoms with Crippen molar-refractivity contribution in [1.29, 1.82) is 0 Å². The molecule has 3 heterocycles. The summed E-state index contributed by atoms with van der Waals surface area (Å²) in [5.41, 5.74) is 2.90. The second-order valence-electron chi connectivity index (χ2n) is 7.18. The number of likely N-dealkylation sites (tertiary alicyclic amines) is 1. The molecular formula is C20H24FN5O3. The molecule has 0 saturated carbocycles. The van der Waals surface area contributed by atoms with E-state index in [-0.39, 0.29) is 11.7 Å². The van der Waals surface area contributed by atoms with Crippen LogP contribution in [0.15, 0.2) is 35.3 Å². The molecule has 2 aromatic heterocycles. The van der Waals surface area contributed by atoms with E-state index in [2.05, 4.69) is 19.9 Å². The van der Waals surface area contributed by atoms with Gasteiger partial charge in [-0.15, -0.1) is 0 Å². The summed E-state index contributed by atoms with van der Waals surface area (Å²) in [4.78, 5) is 25.7. The Morgan fingerprint density at radius 1 is 1.21 bits per heavy atom. The summed E-state index contributed by atoms with van der Waals surface area (Å²) in [7, 11) is 1.59. The van der Waals surface area contributed by atoms with E-state index in [1.54, 1.807) is 17.9 Å². The van der Waals surface area contributed by atoms with Gasteiger partial charge in [-0.3, -0.25) is 9.47 Å². The van der Waals surface area contributed by atoms with Gasteiger partial charge >= 0.3 is 11.7 Å². The number of benzene rings is 1. The summed E-state index contributed by atoms with van der Waals surface area (Å²) in [5, 5.41) is 0. The third-order valence-electron chi connectivity index (χ3n) is 4.99. The Morgan fingerprint density at radius 3 is 2.66 bits per heavy atom. The number of alkyl halides is 1. The van der Waals surface area contributed by atoms with Crippen LogP contribution in [0, 0.1) is 0 Å². The Balaban J connectivity index is 1.48. The first-order chi connectivity index (χ1) is 14.1. The van der Waals surface area contributed by atoms with Gasteiger partial charge in [-0.05, 0) is 17.5 Å². The average molecular weight is 401 g/mol. The zero-order chi connectivity index (χ0) is 20.2. The summed E-state index contributed by atoms with van der Waals surface area (Å²) < 4.78 is 25.3. The first kappa shape index (κ1) is 19.5. The van der Waals surface area contributed by atoms with Crippen molar-refractivity contribution in [3.63, 3.8) is 0 Å². The summed E-state index contributed by atoms with van der Waals surface area (Å²) in [6.07, 6.45) is 1.44. The van der Waals surface area contributed by atoms with Crippen LogP contribution in [0.2, 0.25) is 0 Å². The van der Waals surface area contributed by atoms with Crippen LogP contribution in [0.25, 0.3) is 11.2 Å². The van der Waals surface area contributed by atoms with Gasteiger partial charge < -0.3 is 14.5 Å². The van der Waals surface area contributed by atoms with E-state index < -0.39 is 6.17 Å². The highest BCUT2D eigenvalue weighted by Gasteiger charge is 2.21. The number of hydrogen-bond acceptors (Lipinski definition) is 6. The Bertz CT molecular complexity index is 1020. The van der Waals surface area contributed by atoms with Crippen molar-refractivity contribution >= 4 is 11.2 Å². The number of hydrogen-bond donors (Lipinski definition) is 1. The van der Waals surface area contributed by atoms with Crippen LogP contribution in [0.1, 0.15) is 17.5 Å². The fourth-order valence-electron chi connectivity index (χ4n) is 3.48. The lowest BCUT2D eigenvalue weighted by Gasteiger charge is -2.14. The molecule has 0 bridgehead atoms. The van der Waals surface area contributed by atoms with E-state index in [1.165, 1.54) is 0 Å². The molecule has 1 atom stereocenters. The molecule has 29 heavy (non-hydrogen) atoms. The maximum atomic E-state index is 13.3. The second kappa shape index (κ2) is 8.71. The van der Waals surface area contributed by atoms with Crippen LogP contribution in [-0.4, -0.2) is 64.0 Å². The molecule has 1 fully saturated rings. The standard InChI is InChI=1S/C20H24FN5O3/c1-28-8-9-29-19-22-10-17-18(24-19)26(20(27)23-17)12-15-4-2-14(3-5-15)11-25-7-6-16(21)13-25/h2-5,10,16H,6-9,11-13H2,1H3,(H,23,27). The lowest BCUT2D eigenvalue weighted by atomic mass is 10.1. The molecule has 0 radical (unpaired) electrons. The number of aromatic nitrogens is 4. The molecule has 0 aliphatic carbocycles. The maximum Gasteiger partial charge on any atom is 0.328 e. The number of nitrogens with zero attached hydrogens (tertiary/aromatic N) is 4. The third kappa shape index (κ3) is 4.63. The third-order valence-corrected chi connectivity index (χ3v) is 4.99. The first-order valence-corrected chi connectivity index (χ1v) is 9.64. The number of aromatic amines is 1. The fourth-order valence-corrected chi connectivity index (χ4v) is 3.48. The molecule has 1 unspecified atom stereocenters. The van der Waals surface area contributed by atoms with Crippen molar-refractivity contribution in [3.05, 3.63) is 52.1 Å². The molecule has 1 N–H and O–H groups in total. The topological polar surface area (TPSA) is 85.3 Å². The summed E-state index contributed by atoms with van der Waals surface area (Å²) in [6.45, 7) is 3.17. The second-order valence-corrected chi connectivity index (χ2v) is 7.18.